The highest BCUT2D eigenvalue weighted by Gasteiger charge is 2.26. The van der Waals surface area contributed by atoms with Gasteiger partial charge in [0.05, 0.1) is 7.11 Å². The number of rotatable bonds is 4. The molecule has 0 radical (unpaired) electrons. The number of aromatic hydroxyl groups is 1. The van der Waals surface area contributed by atoms with Crippen LogP contribution < -0.4 is 4.74 Å². The van der Waals surface area contributed by atoms with E-state index < -0.39 is 11.9 Å². The zero-order chi connectivity index (χ0) is 16.4. The van der Waals surface area contributed by atoms with Gasteiger partial charge in [-0.25, -0.2) is 0 Å². The number of methoxy groups -OCH3 is 1. The lowest BCUT2D eigenvalue weighted by atomic mass is 9.94. The van der Waals surface area contributed by atoms with Gasteiger partial charge in [0.2, 0.25) is 0 Å². The fraction of sp³-hybridized carbons (Fsp3) is 0.105. The second-order valence-corrected chi connectivity index (χ2v) is 5.20. The highest BCUT2D eigenvalue weighted by molar-refractivity contribution is 6.03. The van der Waals surface area contributed by atoms with Gasteiger partial charge in [-0.1, -0.05) is 54.6 Å². The number of fused-ring (bicyclic) bond motifs is 1. The Kier molecular flexibility index (Phi) is 4.00. The van der Waals surface area contributed by atoms with Gasteiger partial charge in [0.25, 0.3) is 0 Å². The van der Waals surface area contributed by atoms with Gasteiger partial charge < -0.3 is 14.9 Å². The number of carbonyl (C=O) groups is 1. The Hall–Kier alpha value is -2.85. The molecule has 2 N–H and O–H groups in total. The highest BCUT2D eigenvalue weighted by Crippen LogP contribution is 2.40. The first-order chi connectivity index (χ1) is 11.1. The third-order valence-electron chi connectivity index (χ3n) is 3.83. The summed E-state index contributed by atoms with van der Waals surface area (Å²) in [5, 5.41) is 22.4. The molecule has 0 aromatic heterocycles. The molecule has 3 rings (SSSR count). The van der Waals surface area contributed by atoms with Crippen molar-refractivity contribution >= 4 is 16.6 Å². The zero-order valence-electron chi connectivity index (χ0n) is 12.6. The van der Waals surface area contributed by atoms with Crippen LogP contribution in [0.1, 0.15) is 22.0 Å². The number of hydrogen-bond donors (Lipinski definition) is 2. The van der Waals surface area contributed by atoms with Crippen molar-refractivity contribution in [2.24, 2.45) is 0 Å². The summed E-state index contributed by atoms with van der Waals surface area (Å²) < 4.78 is 5.16. The van der Waals surface area contributed by atoms with Crippen molar-refractivity contribution in [1.82, 2.24) is 0 Å². The van der Waals surface area contributed by atoms with E-state index in [1.807, 2.05) is 12.1 Å². The molecule has 3 aromatic carbocycles. The lowest BCUT2D eigenvalue weighted by Crippen LogP contribution is -2.13. The van der Waals surface area contributed by atoms with Crippen molar-refractivity contribution in [3.63, 3.8) is 0 Å². The van der Waals surface area contributed by atoms with Crippen molar-refractivity contribution in [3.8, 4) is 11.5 Å². The van der Waals surface area contributed by atoms with Crippen LogP contribution >= 0.6 is 0 Å². The number of ketones is 1. The van der Waals surface area contributed by atoms with Gasteiger partial charge in [-0.2, -0.15) is 0 Å². The van der Waals surface area contributed by atoms with E-state index in [1.54, 1.807) is 48.5 Å². The molecule has 0 heterocycles. The molecule has 3 aromatic rings. The summed E-state index contributed by atoms with van der Waals surface area (Å²) in [4.78, 5) is 12.5. The van der Waals surface area contributed by atoms with Gasteiger partial charge in [-0.05, 0) is 16.8 Å². The van der Waals surface area contributed by atoms with Crippen LogP contribution in [-0.2, 0) is 0 Å². The second kappa shape index (κ2) is 6.10. The summed E-state index contributed by atoms with van der Waals surface area (Å²) in [5.41, 5.74) is 0.542. The molecule has 23 heavy (non-hydrogen) atoms. The van der Waals surface area contributed by atoms with Crippen LogP contribution in [0.5, 0.6) is 11.5 Å². The molecule has 4 heteroatoms. The van der Waals surface area contributed by atoms with Gasteiger partial charge in [0, 0.05) is 11.1 Å². The largest absolute Gasteiger partial charge is 0.504 e. The number of aliphatic hydroxyl groups is 1. The molecule has 0 aliphatic rings. The molecular formula is C19H16O4. The average Bonchev–Trinajstić information content (AvgIpc) is 2.60. The number of aliphatic hydroxyl groups excluding tert-OH is 1. The average molecular weight is 308 g/mol. The molecule has 116 valence electrons. The van der Waals surface area contributed by atoms with E-state index in [0.717, 1.165) is 5.39 Å². The maximum absolute atomic E-state index is 12.5. The summed E-state index contributed by atoms with van der Waals surface area (Å²) in [7, 11) is 1.43. The first-order valence-electron chi connectivity index (χ1n) is 7.19. The number of hydrogen-bond acceptors (Lipinski definition) is 4. The van der Waals surface area contributed by atoms with E-state index in [0.29, 0.717) is 10.9 Å². The third kappa shape index (κ3) is 2.64. The number of phenols is 1. The van der Waals surface area contributed by atoms with Crippen LogP contribution in [0, 0.1) is 0 Å². The van der Waals surface area contributed by atoms with E-state index >= 15 is 0 Å². The summed E-state index contributed by atoms with van der Waals surface area (Å²) in [5.74, 6) is -0.471. The normalized spacial score (nSPS) is 12.1. The number of carbonyl (C=O) groups excluding carboxylic acids is 1. The fourth-order valence-corrected chi connectivity index (χ4v) is 2.66. The van der Waals surface area contributed by atoms with Crippen molar-refractivity contribution in [2.75, 3.05) is 7.11 Å². The van der Waals surface area contributed by atoms with E-state index in [4.69, 9.17) is 4.74 Å². The summed E-state index contributed by atoms with van der Waals surface area (Å²) >= 11 is 0. The minimum atomic E-state index is -1.47. The molecule has 0 fully saturated rings. The van der Waals surface area contributed by atoms with Gasteiger partial charge in [-0.3, -0.25) is 4.79 Å². The number of benzene rings is 3. The van der Waals surface area contributed by atoms with Crippen LogP contribution in [0.2, 0.25) is 0 Å². The molecule has 0 unspecified atom stereocenters. The third-order valence-corrected chi connectivity index (χ3v) is 3.83. The molecule has 0 aliphatic carbocycles. The quantitative estimate of drug-likeness (QED) is 0.724. The number of ether oxygens (including phenoxy) is 1. The Balaban J connectivity index is 2.18. The molecule has 0 saturated heterocycles. The van der Waals surface area contributed by atoms with Crippen molar-refractivity contribution in [1.29, 1.82) is 0 Å². The molecule has 0 aliphatic heterocycles. The lowest BCUT2D eigenvalue weighted by Gasteiger charge is -2.17. The zero-order valence-corrected chi connectivity index (χ0v) is 12.6. The first kappa shape index (κ1) is 15.1. The van der Waals surface area contributed by atoms with Gasteiger partial charge in [0.1, 0.15) is 6.10 Å². The first-order valence-corrected chi connectivity index (χ1v) is 7.19. The molecule has 1 atom stereocenters. The van der Waals surface area contributed by atoms with Crippen LogP contribution in [0.25, 0.3) is 10.8 Å². The predicted octanol–water partition coefficient (Wildman–Crippen LogP) is 3.47. The topological polar surface area (TPSA) is 66.8 Å². The Morgan fingerprint density at radius 1 is 1.04 bits per heavy atom. The summed E-state index contributed by atoms with van der Waals surface area (Å²) in [6.07, 6.45) is -1.47. The van der Waals surface area contributed by atoms with Gasteiger partial charge in [-0.15, -0.1) is 0 Å². The molecule has 4 nitrogen and oxygen atoms in total. The fourth-order valence-electron chi connectivity index (χ4n) is 2.66. The van der Waals surface area contributed by atoms with Crippen molar-refractivity contribution < 1.29 is 19.7 Å². The Labute approximate surface area is 133 Å². The molecule has 0 spiro atoms. The smallest absolute Gasteiger partial charge is 0.195 e. The number of phenolic OH excluding ortho intramolecular Hbond substituents is 1. The molecular weight excluding hydrogens is 292 g/mol. The number of Topliss-reactive ketones (excluding diaryl/α,β-unsaturated/α-hetero) is 1. The maximum Gasteiger partial charge on any atom is 0.195 e. The van der Waals surface area contributed by atoms with Crippen LogP contribution in [0.4, 0.5) is 0 Å². The van der Waals surface area contributed by atoms with E-state index in [-0.39, 0.29) is 17.1 Å². The van der Waals surface area contributed by atoms with E-state index in [9.17, 15) is 15.0 Å². The van der Waals surface area contributed by atoms with Crippen molar-refractivity contribution in [3.05, 3.63) is 71.8 Å². The molecule has 0 amide bonds. The van der Waals surface area contributed by atoms with Crippen LogP contribution in [0.15, 0.2) is 60.7 Å². The van der Waals surface area contributed by atoms with Crippen LogP contribution in [0.3, 0.4) is 0 Å². The lowest BCUT2D eigenvalue weighted by molar-refractivity contribution is 0.0744. The van der Waals surface area contributed by atoms with E-state index in [2.05, 4.69) is 0 Å². The highest BCUT2D eigenvalue weighted by atomic mass is 16.5. The Morgan fingerprint density at radius 3 is 2.39 bits per heavy atom. The molecule has 0 saturated carbocycles. The monoisotopic (exact) mass is 308 g/mol. The minimum absolute atomic E-state index is 0.161. The summed E-state index contributed by atoms with van der Waals surface area (Å²) in [6, 6.07) is 17.4. The summed E-state index contributed by atoms with van der Waals surface area (Å²) in [6.45, 7) is 0. The van der Waals surface area contributed by atoms with Gasteiger partial charge in [0.15, 0.2) is 17.3 Å². The second-order valence-electron chi connectivity index (χ2n) is 5.20. The Morgan fingerprint density at radius 2 is 1.70 bits per heavy atom. The SMILES string of the molecule is COc1cc2ccccc2c([C@H](O)C(=O)c2ccccc2)c1O. The standard InChI is InChI=1S/C19H16O4/c1-23-15-11-13-9-5-6-10-14(13)16(18(15)21)19(22)17(20)12-7-3-2-4-8-12/h2-11,19,21-22H,1H3/t19-/m0/s1. The molecule has 0 bridgehead atoms. The maximum atomic E-state index is 12.5. The van der Waals surface area contributed by atoms with Crippen molar-refractivity contribution in [2.45, 2.75) is 6.10 Å². The van der Waals surface area contributed by atoms with Gasteiger partial charge >= 0.3 is 0 Å². The van der Waals surface area contributed by atoms with E-state index in [1.165, 1.54) is 7.11 Å². The Bertz CT molecular complexity index is 856. The predicted molar refractivity (Wildman–Crippen MR) is 87.9 cm³/mol. The minimum Gasteiger partial charge on any atom is -0.504 e. The van der Waals surface area contributed by atoms with Crippen LogP contribution in [-0.4, -0.2) is 23.1 Å².